The Labute approximate surface area is 181 Å². The number of hydrogen-bond acceptors (Lipinski definition) is 3. The van der Waals surface area contributed by atoms with Crippen LogP contribution < -0.4 is 0 Å². The highest BCUT2D eigenvalue weighted by Gasteiger charge is 2.16. The highest BCUT2D eigenvalue weighted by atomic mass is 79.9. The van der Waals surface area contributed by atoms with E-state index in [1.54, 1.807) is 6.20 Å². The van der Waals surface area contributed by atoms with Gasteiger partial charge in [0.05, 0.1) is 6.33 Å². The Kier molecular flexibility index (Phi) is 8.76. The summed E-state index contributed by atoms with van der Waals surface area (Å²) in [7, 11) is 0. The van der Waals surface area contributed by atoms with Gasteiger partial charge in [-0.25, -0.2) is 4.98 Å². The Morgan fingerprint density at radius 2 is 1.89 bits per heavy atom. The molecule has 1 atom stereocenters. The number of halogens is 3. The average Bonchev–Trinajstić information content (AvgIpc) is 3.13. The van der Waals surface area contributed by atoms with Crippen LogP contribution in [-0.2, 0) is 13.0 Å². The molecule has 0 saturated carbocycles. The summed E-state index contributed by atoms with van der Waals surface area (Å²) < 4.78 is 3.19. The van der Waals surface area contributed by atoms with E-state index >= 15 is 0 Å². The van der Waals surface area contributed by atoms with Gasteiger partial charge in [-0.2, -0.15) is 0 Å². The van der Waals surface area contributed by atoms with Gasteiger partial charge in [-0.05, 0) is 48.2 Å². The van der Waals surface area contributed by atoms with Crippen molar-refractivity contribution in [2.24, 2.45) is 0 Å². The predicted molar refractivity (Wildman–Crippen MR) is 113 cm³/mol. The third-order valence-corrected chi connectivity index (χ3v) is 5.18. The van der Waals surface area contributed by atoms with Gasteiger partial charge < -0.3 is 9.77 Å². The van der Waals surface area contributed by atoms with Crippen molar-refractivity contribution >= 4 is 39.1 Å². The van der Waals surface area contributed by atoms with Crippen molar-refractivity contribution in [3.05, 3.63) is 96.9 Å². The van der Waals surface area contributed by atoms with Crippen molar-refractivity contribution < 1.29 is 10.3 Å². The van der Waals surface area contributed by atoms with Gasteiger partial charge in [-0.1, -0.05) is 57.3 Å². The predicted octanol–water partition coefficient (Wildman–Crippen LogP) is 6.02. The molecule has 148 valence electrons. The lowest BCUT2D eigenvalue weighted by atomic mass is 9.92. The van der Waals surface area contributed by atoms with Crippen LogP contribution in [0.4, 0.5) is 0 Å². The molecule has 0 fully saturated rings. The van der Waals surface area contributed by atoms with E-state index in [1.807, 2.05) is 30.7 Å². The second-order valence-corrected chi connectivity index (χ2v) is 7.78. The summed E-state index contributed by atoms with van der Waals surface area (Å²) in [5.74, 6) is 0.299. The van der Waals surface area contributed by atoms with E-state index in [0.717, 1.165) is 34.4 Å². The molecule has 0 aliphatic rings. The number of benzene rings is 2. The number of hydrogen-bond donors (Lipinski definition) is 1. The van der Waals surface area contributed by atoms with Crippen LogP contribution in [0, 0.1) is 10.1 Å². The molecule has 0 amide bonds. The van der Waals surface area contributed by atoms with Crippen LogP contribution in [-0.4, -0.2) is 19.8 Å². The summed E-state index contributed by atoms with van der Waals surface area (Å²) >= 11 is 16.0. The highest BCUT2D eigenvalue weighted by molar-refractivity contribution is 9.10. The van der Waals surface area contributed by atoms with Crippen LogP contribution in [0.15, 0.2) is 65.7 Å². The average molecular weight is 487 g/mol. The lowest BCUT2D eigenvalue weighted by Crippen LogP contribution is -2.10. The molecular weight excluding hydrogens is 469 g/mol. The van der Waals surface area contributed by atoms with Gasteiger partial charge >= 0.3 is 0 Å². The van der Waals surface area contributed by atoms with E-state index in [1.165, 1.54) is 5.56 Å². The zero-order chi connectivity index (χ0) is 20.5. The zero-order valence-electron chi connectivity index (χ0n) is 14.7. The zero-order valence-corrected chi connectivity index (χ0v) is 17.8. The molecule has 2 aromatic carbocycles. The van der Waals surface area contributed by atoms with E-state index in [-0.39, 0.29) is 0 Å². The van der Waals surface area contributed by atoms with Crippen LogP contribution in [0.1, 0.15) is 23.5 Å². The van der Waals surface area contributed by atoms with Crippen molar-refractivity contribution in [2.45, 2.75) is 25.3 Å². The monoisotopic (exact) mass is 485 g/mol. The van der Waals surface area contributed by atoms with Crippen molar-refractivity contribution in [3.8, 4) is 0 Å². The van der Waals surface area contributed by atoms with Gasteiger partial charge in [-0.15, -0.1) is 10.1 Å². The van der Waals surface area contributed by atoms with Gasteiger partial charge in [0.15, 0.2) is 0 Å². The summed E-state index contributed by atoms with van der Waals surface area (Å²) in [4.78, 5) is 12.5. The second kappa shape index (κ2) is 11.0. The molecule has 28 heavy (non-hydrogen) atoms. The van der Waals surface area contributed by atoms with Crippen LogP contribution in [0.25, 0.3) is 0 Å². The van der Waals surface area contributed by atoms with Gasteiger partial charge in [0.25, 0.3) is 5.09 Å². The molecule has 0 aliphatic carbocycles. The van der Waals surface area contributed by atoms with Crippen molar-refractivity contribution in [2.75, 3.05) is 0 Å². The standard InChI is InChI=1S/C19H17BrCl2N2.HNO3/c20-16-5-2-14(3-6-16)1-4-15(12-24-10-9-23-13-24)18-8-7-17(21)11-19(18)22;2-1(3)4/h2-3,5-11,13,15H,1,4,12H2;(H,2,3,4). The quantitative estimate of drug-likeness (QED) is 0.341. The van der Waals surface area contributed by atoms with E-state index in [9.17, 15) is 0 Å². The smallest absolute Gasteiger partial charge is 0.291 e. The van der Waals surface area contributed by atoms with Crippen molar-refractivity contribution in [1.29, 1.82) is 0 Å². The van der Waals surface area contributed by atoms with Crippen molar-refractivity contribution in [3.63, 3.8) is 0 Å². The summed E-state index contributed by atoms with van der Waals surface area (Å²) in [5.41, 5.74) is 2.45. The minimum absolute atomic E-state index is 0.299. The maximum absolute atomic E-state index is 8.36. The number of aryl methyl sites for hydroxylation is 1. The van der Waals surface area contributed by atoms with Crippen LogP contribution >= 0.6 is 39.1 Å². The number of aromatic nitrogens is 2. The minimum Gasteiger partial charge on any atom is -0.337 e. The molecule has 1 aromatic heterocycles. The van der Waals surface area contributed by atoms with Gasteiger partial charge in [0, 0.05) is 39.4 Å². The fraction of sp³-hybridized carbons (Fsp3) is 0.211. The normalized spacial score (nSPS) is 11.4. The molecular formula is C19H18BrCl2N3O3. The van der Waals surface area contributed by atoms with E-state index in [2.05, 4.69) is 49.7 Å². The molecule has 0 aliphatic heterocycles. The Morgan fingerprint density at radius 1 is 1.21 bits per heavy atom. The second-order valence-electron chi connectivity index (χ2n) is 6.03. The summed E-state index contributed by atoms with van der Waals surface area (Å²) in [6.45, 7) is 0.845. The Hall–Kier alpha value is -2.09. The van der Waals surface area contributed by atoms with Crippen LogP contribution in [0.2, 0.25) is 10.0 Å². The first-order valence-electron chi connectivity index (χ1n) is 8.33. The van der Waals surface area contributed by atoms with Crippen LogP contribution in [0.5, 0.6) is 0 Å². The molecule has 0 bridgehead atoms. The van der Waals surface area contributed by atoms with E-state index in [4.69, 9.17) is 38.5 Å². The molecule has 0 saturated heterocycles. The molecule has 1 N–H and O–H groups in total. The Morgan fingerprint density at radius 3 is 2.46 bits per heavy atom. The first-order valence-corrected chi connectivity index (χ1v) is 9.88. The molecule has 3 aromatic rings. The lowest BCUT2D eigenvalue weighted by Gasteiger charge is -2.19. The minimum atomic E-state index is -1.50. The number of rotatable bonds is 6. The molecule has 1 unspecified atom stereocenters. The Bertz CT molecular complexity index is 886. The lowest BCUT2D eigenvalue weighted by molar-refractivity contribution is -0.742. The van der Waals surface area contributed by atoms with Gasteiger partial charge in [0.2, 0.25) is 0 Å². The summed E-state index contributed by atoms with van der Waals surface area (Å²) in [5, 5.41) is 15.0. The first kappa shape index (κ1) is 22.2. The van der Waals surface area contributed by atoms with Gasteiger partial charge in [-0.3, -0.25) is 0 Å². The maximum Gasteiger partial charge on any atom is 0.291 e. The summed E-state index contributed by atoms with van der Waals surface area (Å²) in [6.07, 6.45) is 7.62. The first-order chi connectivity index (χ1) is 13.3. The summed E-state index contributed by atoms with van der Waals surface area (Å²) in [6, 6.07) is 14.2. The topological polar surface area (TPSA) is 81.2 Å². The third-order valence-electron chi connectivity index (χ3n) is 4.09. The van der Waals surface area contributed by atoms with E-state index in [0.29, 0.717) is 10.9 Å². The highest BCUT2D eigenvalue weighted by Crippen LogP contribution is 2.32. The number of imidazole rings is 1. The molecule has 1 heterocycles. The molecule has 6 nitrogen and oxygen atoms in total. The fourth-order valence-corrected chi connectivity index (χ4v) is 3.65. The van der Waals surface area contributed by atoms with E-state index < -0.39 is 5.09 Å². The fourth-order valence-electron chi connectivity index (χ4n) is 2.82. The molecule has 3 rings (SSSR count). The molecule has 9 heteroatoms. The van der Waals surface area contributed by atoms with Crippen LogP contribution in [0.3, 0.4) is 0 Å². The van der Waals surface area contributed by atoms with Crippen molar-refractivity contribution in [1.82, 2.24) is 9.55 Å². The SMILES string of the molecule is Clc1ccc(C(CCc2ccc(Br)cc2)Cn2ccnc2)c(Cl)c1.O=[N+]([O-])O. The molecule has 0 radical (unpaired) electrons. The third kappa shape index (κ3) is 7.50. The maximum atomic E-state index is 8.36. The number of nitrogens with zero attached hydrogens (tertiary/aromatic N) is 3. The Balaban J connectivity index is 0.000000640. The largest absolute Gasteiger partial charge is 0.337 e. The van der Waals surface area contributed by atoms with Gasteiger partial charge in [0.1, 0.15) is 0 Å². The molecule has 0 spiro atoms.